The van der Waals surface area contributed by atoms with Gasteiger partial charge < -0.3 is 5.73 Å². The van der Waals surface area contributed by atoms with Crippen LogP contribution in [0, 0.1) is 12.8 Å². The molecule has 0 unspecified atom stereocenters. The molecule has 1 aliphatic carbocycles. The lowest BCUT2D eigenvalue weighted by Crippen LogP contribution is -2.26. The summed E-state index contributed by atoms with van der Waals surface area (Å²) in [4.78, 5) is 0. The molecular weight excluding hydrogens is 238 g/mol. The van der Waals surface area contributed by atoms with Crippen LogP contribution < -0.4 is 5.73 Å². The van der Waals surface area contributed by atoms with E-state index in [1.165, 1.54) is 30.4 Å². The summed E-state index contributed by atoms with van der Waals surface area (Å²) in [6, 6.07) is 6.71. The van der Waals surface area contributed by atoms with Crippen molar-refractivity contribution in [1.82, 2.24) is 0 Å². The molecule has 1 atom stereocenters. The normalized spacial score (nSPS) is 19.1. The van der Waals surface area contributed by atoms with Crippen molar-refractivity contribution in [2.75, 3.05) is 0 Å². The van der Waals surface area contributed by atoms with Gasteiger partial charge in [-0.05, 0) is 48.9 Å². The van der Waals surface area contributed by atoms with Gasteiger partial charge in [0, 0.05) is 10.5 Å². The van der Waals surface area contributed by atoms with E-state index in [1.807, 2.05) is 0 Å². The summed E-state index contributed by atoms with van der Waals surface area (Å²) in [5, 5.41) is 0. The van der Waals surface area contributed by atoms with Crippen LogP contribution in [-0.4, -0.2) is 0 Å². The molecule has 1 aliphatic rings. The third-order valence-electron chi connectivity index (χ3n) is 3.11. The SMILES string of the molecule is Cc1cc(Br)cc([C@H](N)C2CCC2)c1. The van der Waals surface area contributed by atoms with Gasteiger partial charge in [-0.15, -0.1) is 0 Å². The Bertz CT molecular complexity index is 311. The molecule has 2 rings (SSSR count). The zero-order chi connectivity index (χ0) is 10.1. The minimum atomic E-state index is 0.236. The highest BCUT2D eigenvalue weighted by Crippen LogP contribution is 2.36. The first kappa shape index (κ1) is 10.2. The molecule has 1 saturated carbocycles. The van der Waals surface area contributed by atoms with E-state index in [0.29, 0.717) is 5.92 Å². The first-order valence-electron chi connectivity index (χ1n) is 5.19. The molecule has 2 heteroatoms. The zero-order valence-electron chi connectivity index (χ0n) is 8.46. The van der Waals surface area contributed by atoms with E-state index >= 15 is 0 Å². The molecule has 1 fully saturated rings. The van der Waals surface area contributed by atoms with Gasteiger partial charge in [-0.1, -0.05) is 28.4 Å². The predicted octanol–water partition coefficient (Wildman–Crippen LogP) is 3.56. The van der Waals surface area contributed by atoms with E-state index in [2.05, 4.69) is 41.1 Å². The predicted molar refractivity (Wildman–Crippen MR) is 63.1 cm³/mol. The average molecular weight is 254 g/mol. The molecule has 0 amide bonds. The largest absolute Gasteiger partial charge is 0.324 e. The lowest BCUT2D eigenvalue weighted by atomic mass is 9.77. The second kappa shape index (κ2) is 4.03. The van der Waals surface area contributed by atoms with Gasteiger partial charge in [0.2, 0.25) is 0 Å². The minimum Gasteiger partial charge on any atom is -0.324 e. The fraction of sp³-hybridized carbons (Fsp3) is 0.500. The van der Waals surface area contributed by atoms with Crippen LogP contribution in [0.5, 0.6) is 0 Å². The minimum absolute atomic E-state index is 0.236. The Kier molecular flexibility index (Phi) is 2.93. The Balaban J connectivity index is 2.21. The van der Waals surface area contributed by atoms with Crippen molar-refractivity contribution in [3.63, 3.8) is 0 Å². The van der Waals surface area contributed by atoms with Crippen LogP contribution in [0.4, 0.5) is 0 Å². The summed E-state index contributed by atoms with van der Waals surface area (Å²) < 4.78 is 1.14. The van der Waals surface area contributed by atoms with Gasteiger partial charge >= 0.3 is 0 Å². The number of rotatable bonds is 2. The van der Waals surface area contributed by atoms with Crippen molar-refractivity contribution in [3.8, 4) is 0 Å². The van der Waals surface area contributed by atoms with Crippen molar-refractivity contribution in [1.29, 1.82) is 0 Å². The molecule has 76 valence electrons. The standard InChI is InChI=1S/C12H16BrN/c1-8-5-10(7-11(13)6-8)12(14)9-3-2-4-9/h5-7,9,12H,2-4,14H2,1H3/t12-/m1/s1. The fourth-order valence-corrected chi connectivity index (χ4v) is 2.65. The van der Waals surface area contributed by atoms with E-state index in [0.717, 1.165) is 4.47 Å². The number of hydrogen-bond donors (Lipinski definition) is 1. The molecule has 1 aromatic carbocycles. The van der Waals surface area contributed by atoms with Gasteiger partial charge in [0.1, 0.15) is 0 Å². The Morgan fingerprint density at radius 2 is 2.07 bits per heavy atom. The van der Waals surface area contributed by atoms with Crippen molar-refractivity contribution in [2.45, 2.75) is 32.2 Å². The number of aryl methyl sites for hydroxylation is 1. The molecule has 14 heavy (non-hydrogen) atoms. The summed E-state index contributed by atoms with van der Waals surface area (Å²) in [5.41, 5.74) is 8.78. The number of nitrogens with two attached hydrogens (primary N) is 1. The van der Waals surface area contributed by atoms with E-state index in [1.54, 1.807) is 0 Å². The topological polar surface area (TPSA) is 26.0 Å². The summed E-state index contributed by atoms with van der Waals surface area (Å²) >= 11 is 3.51. The summed E-state index contributed by atoms with van der Waals surface area (Å²) in [7, 11) is 0. The smallest absolute Gasteiger partial charge is 0.0324 e. The monoisotopic (exact) mass is 253 g/mol. The molecule has 0 radical (unpaired) electrons. The Labute approximate surface area is 93.8 Å². The number of hydrogen-bond acceptors (Lipinski definition) is 1. The molecular formula is C12H16BrN. The average Bonchev–Trinajstić information content (AvgIpc) is 1.98. The molecule has 0 aliphatic heterocycles. The van der Waals surface area contributed by atoms with E-state index in [-0.39, 0.29) is 6.04 Å². The fourth-order valence-electron chi connectivity index (χ4n) is 2.03. The van der Waals surface area contributed by atoms with E-state index in [9.17, 15) is 0 Å². The maximum atomic E-state index is 6.22. The van der Waals surface area contributed by atoms with E-state index < -0.39 is 0 Å². The molecule has 1 nitrogen and oxygen atoms in total. The molecule has 1 aromatic rings. The van der Waals surface area contributed by atoms with Crippen molar-refractivity contribution in [2.24, 2.45) is 11.7 Å². The first-order valence-corrected chi connectivity index (χ1v) is 5.99. The quantitative estimate of drug-likeness (QED) is 0.858. The Morgan fingerprint density at radius 3 is 2.57 bits per heavy atom. The van der Waals surface area contributed by atoms with Crippen LogP contribution in [0.25, 0.3) is 0 Å². The highest BCUT2D eigenvalue weighted by molar-refractivity contribution is 9.10. The third kappa shape index (κ3) is 2.01. The van der Waals surface area contributed by atoms with Crippen LogP contribution in [0.2, 0.25) is 0 Å². The molecule has 0 spiro atoms. The second-order valence-corrected chi connectivity index (χ2v) is 5.19. The maximum absolute atomic E-state index is 6.22. The summed E-state index contributed by atoms with van der Waals surface area (Å²) in [5.74, 6) is 0.712. The second-order valence-electron chi connectivity index (χ2n) is 4.28. The van der Waals surface area contributed by atoms with Gasteiger partial charge in [0.25, 0.3) is 0 Å². The lowest BCUT2D eigenvalue weighted by molar-refractivity contribution is 0.264. The molecule has 2 N–H and O–H groups in total. The van der Waals surface area contributed by atoms with Crippen LogP contribution in [0.1, 0.15) is 36.4 Å². The summed E-state index contributed by atoms with van der Waals surface area (Å²) in [6.45, 7) is 2.11. The zero-order valence-corrected chi connectivity index (χ0v) is 10.0. The van der Waals surface area contributed by atoms with Crippen molar-refractivity contribution in [3.05, 3.63) is 33.8 Å². The van der Waals surface area contributed by atoms with Crippen LogP contribution in [0.15, 0.2) is 22.7 Å². The van der Waals surface area contributed by atoms with Crippen LogP contribution in [-0.2, 0) is 0 Å². The number of halogens is 1. The molecule has 0 heterocycles. The Hall–Kier alpha value is -0.340. The summed E-state index contributed by atoms with van der Waals surface area (Å²) in [6.07, 6.45) is 3.95. The highest BCUT2D eigenvalue weighted by Gasteiger charge is 2.25. The van der Waals surface area contributed by atoms with Crippen LogP contribution in [0.3, 0.4) is 0 Å². The van der Waals surface area contributed by atoms with Gasteiger partial charge in [0.15, 0.2) is 0 Å². The van der Waals surface area contributed by atoms with Crippen molar-refractivity contribution >= 4 is 15.9 Å². The van der Waals surface area contributed by atoms with Gasteiger partial charge in [-0.2, -0.15) is 0 Å². The molecule has 0 aromatic heterocycles. The van der Waals surface area contributed by atoms with Crippen molar-refractivity contribution < 1.29 is 0 Å². The van der Waals surface area contributed by atoms with Gasteiger partial charge in [-0.3, -0.25) is 0 Å². The van der Waals surface area contributed by atoms with E-state index in [4.69, 9.17) is 5.73 Å². The number of benzene rings is 1. The van der Waals surface area contributed by atoms with Crippen LogP contribution >= 0.6 is 15.9 Å². The third-order valence-corrected chi connectivity index (χ3v) is 3.56. The maximum Gasteiger partial charge on any atom is 0.0324 e. The highest BCUT2D eigenvalue weighted by atomic mass is 79.9. The van der Waals surface area contributed by atoms with Gasteiger partial charge in [0.05, 0.1) is 0 Å². The van der Waals surface area contributed by atoms with Gasteiger partial charge in [-0.25, -0.2) is 0 Å². The molecule has 0 saturated heterocycles. The molecule has 0 bridgehead atoms. The lowest BCUT2D eigenvalue weighted by Gasteiger charge is -2.31. The first-order chi connectivity index (χ1) is 6.66. The Morgan fingerprint density at radius 1 is 1.36 bits per heavy atom.